The lowest BCUT2D eigenvalue weighted by atomic mass is 9.89. The summed E-state index contributed by atoms with van der Waals surface area (Å²) in [5.41, 5.74) is -2.00. The quantitative estimate of drug-likeness (QED) is 0.226. The molecule has 250 valence electrons. The number of aromatic nitrogens is 1. The van der Waals surface area contributed by atoms with E-state index in [1.165, 1.54) is 50.4 Å². The molecule has 0 bridgehead atoms. The molecule has 0 radical (unpaired) electrons. The zero-order valence-corrected chi connectivity index (χ0v) is 28.1. The molecule has 46 heavy (non-hydrogen) atoms. The molecule has 12 nitrogen and oxygen atoms in total. The number of benzene rings is 2. The smallest absolute Gasteiger partial charge is 0.408 e. The maximum absolute atomic E-state index is 14.0. The van der Waals surface area contributed by atoms with Crippen molar-refractivity contribution in [1.82, 2.24) is 15.6 Å². The summed E-state index contributed by atoms with van der Waals surface area (Å²) in [7, 11) is -2.60. The fraction of sp³-hybridized carbons (Fsp3) is 0.387. The Morgan fingerprint density at radius 1 is 1.02 bits per heavy atom. The lowest BCUT2D eigenvalue weighted by Crippen LogP contribution is -2.44. The first kappa shape index (κ1) is 36.5. The van der Waals surface area contributed by atoms with Gasteiger partial charge in [-0.3, -0.25) is 4.79 Å². The summed E-state index contributed by atoms with van der Waals surface area (Å²) in [6.45, 7) is 9.81. The second-order valence-electron chi connectivity index (χ2n) is 12.3. The van der Waals surface area contributed by atoms with Crippen LogP contribution in [0.5, 0.6) is 11.5 Å². The van der Waals surface area contributed by atoms with E-state index in [4.69, 9.17) is 31.0 Å². The van der Waals surface area contributed by atoms with E-state index < -0.39 is 50.5 Å². The predicted octanol–water partition coefficient (Wildman–Crippen LogP) is 4.57. The number of aliphatic hydroxyl groups is 1. The van der Waals surface area contributed by atoms with Crippen molar-refractivity contribution >= 4 is 33.6 Å². The highest BCUT2D eigenvalue weighted by atomic mass is 35.5. The van der Waals surface area contributed by atoms with Crippen LogP contribution in [0.4, 0.5) is 9.18 Å². The van der Waals surface area contributed by atoms with Crippen molar-refractivity contribution in [2.24, 2.45) is 5.14 Å². The summed E-state index contributed by atoms with van der Waals surface area (Å²) in [6, 6.07) is 11.4. The van der Waals surface area contributed by atoms with Gasteiger partial charge in [0, 0.05) is 11.1 Å². The van der Waals surface area contributed by atoms with E-state index in [9.17, 15) is 27.5 Å². The number of nitrogens with zero attached hydrogens (tertiary/aromatic N) is 1. The molecule has 2 aromatic carbocycles. The van der Waals surface area contributed by atoms with Crippen molar-refractivity contribution in [2.45, 2.75) is 58.3 Å². The number of hydrogen-bond acceptors (Lipinski definition) is 9. The minimum absolute atomic E-state index is 0.0529. The summed E-state index contributed by atoms with van der Waals surface area (Å²) >= 11 is 6.04. The molecule has 0 saturated heterocycles. The molecule has 0 aliphatic rings. The fourth-order valence-corrected chi connectivity index (χ4v) is 4.59. The molecule has 1 atom stereocenters. The van der Waals surface area contributed by atoms with Gasteiger partial charge in [0.15, 0.2) is 11.5 Å². The van der Waals surface area contributed by atoms with Gasteiger partial charge in [0.05, 0.1) is 35.6 Å². The number of halogens is 2. The Morgan fingerprint density at radius 3 is 2.28 bits per heavy atom. The molecule has 1 heterocycles. The molecule has 1 aromatic heterocycles. The SMILES string of the molecule is COc1cc(C(=O)NCC(C)(O)c2cc(C(C)(C)NC(=O)OC(C)(C)C)cc(-c3ccc(F)c(Cl)c3)n2)ccc1OCS(N)(=O)=O. The van der Waals surface area contributed by atoms with Crippen LogP contribution < -0.4 is 25.2 Å². The van der Waals surface area contributed by atoms with Gasteiger partial charge in [0.1, 0.15) is 17.0 Å². The summed E-state index contributed by atoms with van der Waals surface area (Å²) in [6.07, 6.45) is -0.669. The molecule has 0 fully saturated rings. The van der Waals surface area contributed by atoms with Gasteiger partial charge >= 0.3 is 6.09 Å². The number of carbonyl (C=O) groups is 2. The first-order chi connectivity index (χ1) is 21.1. The van der Waals surface area contributed by atoms with Gasteiger partial charge in [0.25, 0.3) is 5.91 Å². The molecule has 0 aliphatic carbocycles. The van der Waals surface area contributed by atoms with Crippen LogP contribution in [0, 0.1) is 5.82 Å². The van der Waals surface area contributed by atoms with Crippen LogP contribution >= 0.6 is 11.6 Å². The Labute approximate surface area is 272 Å². The van der Waals surface area contributed by atoms with Crippen molar-refractivity contribution in [3.63, 3.8) is 0 Å². The molecule has 0 saturated carbocycles. The molecule has 0 aliphatic heterocycles. The number of ether oxygens (including phenoxy) is 3. The third-order valence-electron chi connectivity index (χ3n) is 6.53. The molecule has 3 aromatic rings. The van der Waals surface area contributed by atoms with Crippen molar-refractivity contribution in [3.05, 3.63) is 76.2 Å². The number of nitrogens with two attached hydrogens (primary N) is 1. The van der Waals surface area contributed by atoms with Crippen molar-refractivity contribution in [1.29, 1.82) is 0 Å². The van der Waals surface area contributed by atoms with E-state index in [0.717, 1.165) is 0 Å². The standard InChI is InChI=1S/C31H38ClFN4O8S/c1-29(2,3)45-28(39)37-30(4,5)20-14-23(18-8-10-22(33)21(32)12-18)36-26(15-20)31(6,40)16-35-27(38)19-9-11-24(25(13-19)43-7)44-17-46(34,41)42/h8-15,40H,16-17H2,1-7H3,(H,35,38)(H,37,39)(H2,34,41,42). The number of rotatable bonds is 11. The lowest BCUT2D eigenvalue weighted by Gasteiger charge is -2.31. The largest absolute Gasteiger partial charge is 0.493 e. The highest BCUT2D eigenvalue weighted by Gasteiger charge is 2.32. The average molecular weight is 681 g/mol. The van der Waals surface area contributed by atoms with E-state index in [0.29, 0.717) is 16.8 Å². The van der Waals surface area contributed by atoms with Crippen molar-refractivity contribution in [2.75, 3.05) is 19.6 Å². The monoisotopic (exact) mass is 680 g/mol. The molecular weight excluding hydrogens is 643 g/mol. The number of amides is 2. The summed E-state index contributed by atoms with van der Waals surface area (Å²) in [5.74, 6) is -1.87. The van der Waals surface area contributed by atoms with Gasteiger partial charge in [-0.1, -0.05) is 11.6 Å². The second kappa shape index (κ2) is 13.8. The third kappa shape index (κ3) is 10.0. The zero-order valence-electron chi connectivity index (χ0n) is 26.5. The number of methoxy groups -OCH3 is 1. The molecule has 5 N–H and O–H groups in total. The number of sulfonamides is 1. The van der Waals surface area contributed by atoms with Gasteiger partial charge in [0.2, 0.25) is 16.0 Å². The number of hydrogen-bond donors (Lipinski definition) is 4. The van der Waals surface area contributed by atoms with E-state index in [2.05, 4.69) is 15.6 Å². The number of carbonyl (C=O) groups excluding carboxylic acids is 2. The van der Waals surface area contributed by atoms with Crippen LogP contribution in [-0.2, 0) is 25.9 Å². The van der Waals surface area contributed by atoms with Crippen LogP contribution in [0.2, 0.25) is 5.02 Å². The molecule has 2 amide bonds. The maximum Gasteiger partial charge on any atom is 0.408 e. The average Bonchev–Trinajstić information content (AvgIpc) is 2.94. The number of alkyl carbamates (subject to hydrolysis) is 1. The first-order valence-electron chi connectivity index (χ1n) is 13.9. The summed E-state index contributed by atoms with van der Waals surface area (Å²) in [4.78, 5) is 30.3. The number of pyridine rings is 1. The Kier molecular flexibility index (Phi) is 10.9. The van der Waals surface area contributed by atoms with Gasteiger partial charge in [-0.05, 0) is 95.6 Å². The van der Waals surface area contributed by atoms with Gasteiger partial charge in [-0.25, -0.2) is 27.7 Å². The Morgan fingerprint density at radius 2 is 1.70 bits per heavy atom. The van der Waals surface area contributed by atoms with E-state index >= 15 is 0 Å². The lowest BCUT2D eigenvalue weighted by molar-refractivity contribution is 0.0464. The van der Waals surface area contributed by atoms with Crippen LogP contribution in [0.3, 0.4) is 0 Å². The summed E-state index contributed by atoms with van der Waals surface area (Å²) < 4.78 is 52.3. The fourth-order valence-electron chi connectivity index (χ4n) is 4.12. The first-order valence-corrected chi connectivity index (χ1v) is 16.0. The Bertz CT molecular complexity index is 1730. The van der Waals surface area contributed by atoms with Crippen LogP contribution in [0.15, 0.2) is 48.5 Å². The van der Waals surface area contributed by atoms with E-state index in [1.807, 2.05) is 0 Å². The van der Waals surface area contributed by atoms with Crippen LogP contribution in [-0.4, -0.2) is 55.7 Å². The second-order valence-corrected chi connectivity index (χ2v) is 14.2. The highest BCUT2D eigenvalue weighted by Crippen LogP contribution is 2.32. The van der Waals surface area contributed by atoms with E-state index in [-0.39, 0.29) is 34.3 Å². The minimum atomic E-state index is -3.92. The molecule has 0 spiro atoms. The molecular formula is C31H38ClFN4O8S. The Balaban J connectivity index is 1.94. The molecule has 3 rings (SSSR count). The van der Waals surface area contributed by atoms with Crippen molar-refractivity contribution in [3.8, 4) is 22.8 Å². The van der Waals surface area contributed by atoms with Crippen molar-refractivity contribution < 1.29 is 41.7 Å². The minimum Gasteiger partial charge on any atom is -0.493 e. The third-order valence-corrected chi connectivity index (χ3v) is 7.26. The predicted molar refractivity (Wildman–Crippen MR) is 171 cm³/mol. The number of primary sulfonamides is 1. The van der Waals surface area contributed by atoms with Crippen LogP contribution in [0.25, 0.3) is 11.3 Å². The zero-order chi connectivity index (χ0) is 34.7. The number of nitrogens with one attached hydrogen (secondary N) is 2. The maximum atomic E-state index is 14.0. The van der Waals surface area contributed by atoms with Gasteiger partial charge < -0.3 is 30.0 Å². The molecule has 15 heteroatoms. The molecule has 1 unspecified atom stereocenters. The topological polar surface area (TPSA) is 179 Å². The van der Waals surface area contributed by atoms with Crippen LogP contribution in [0.1, 0.15) is 63.2 Å². The van der Waals surface area contributed by atoms with Gasteiger partial charge in [-0.2, -0.15) is 0 Å². The van der Waals surface area contributed by atoms with E-state index in [1.54, 1.807) is 46.8 Å². The highest BCUT2D eigenvalue weighted by molar-refractivity contribution is 7.88. The van der Waals surface area contributed by atoms with Gasteiger partial charge in [-0.15, -0.1) is 0 Å². The Hall–Kier alpha value is -3.98. The normalized spacial score (nSPS) is 13.4. The summed E-state index contributed by atoms with van der Waals surface area (Å²) in [5, 5.41) is 21.9.